The Balaban J connectivity index is 1.46. The van der Waals surface area contributed by atoms with E-state index in [0.717, 1.165) is 40.1 Å². The Morgan fingerprint density at radius 3 is 2.45 bits per heavy atom. The minimum Gasteiger partial charge on any atom is -0.490 e. The first-order valence-corrected chi connectivity index (χ1v) is 14.0. The van der Waals surface area contributed by atoms with Crippen LogP contribution < -0.4 is 4.74 Å². The van der Waals surface area contributed by atoms with Crippen molar-refractivity contribution in [2.45, 2.75) is 39.7 Å². The predicted molar refractivity (Wildman–Crippen MR) is 161 cm³/mol. The summed E-state index contributed by atoms with van der Waals surface area (Å²) in [6.07, 6.45) is 5.06. The summed E-state index contributed by atoms with van der Waals surface area (Å²) in [6, 6.07) is 25.6. The van der Waals surface area contributed by atoms with Crippen molar-refractivity contribution in [1.29, 1.82) is 5.26 Å². The fourth-order valence-corrected chi connectivity index (χ4v) is 5.66. The zero-order valence-corrected chi connectivity index (χ0v) is 23.8. The lowest BCUT2D eigenvalue weighted by Gasteiger charge is -2.27. The number of nitriles is 1. The van der Waals surface area contributed by atoms with Crippen molar-refractivity contribution in [3.63, 3.8) is 0 Å². The number of ether oxygens (including phenoxy) is 1. The van der Waals surface area contributed by atoms with Gasteiger partial charge in [0.15, 0.2) is 0 Å². The van der Waals surface area contributed by atoms with Gasteiger partial charge in [-0.2, -0.15) is 10.4 Å². The molecule has 0 aliphatic carbocycles. The lowest BCUT2D eigenvalue weighted by Crippen LogP contribution is -2.43. The molecule has 0 saturated heterocycles. The average Bonchev–Trinajstić information content (AvgIpc) is 3.60. The molecule has 1 unspecified atom stereocenters. The van der Waals surface area contributed by atoms with Gasteiger partial charge in [0.25, 0.3) is 11.8 Å². The molecule has 0 radical (unpaired) electrons. The van der Waals surface area contributed by atoms with E-state index in [1.165, 1.54) is 4.90 Å². The summed E-state index contributed by atoms with van der Waals surface area (Å²) in [4.78, 5) is 28.3. The molecule has 0 fully saturated rings. The molecule has 3 heterocycles. The van der Waals surface area contributed by atoms with Crippen LogP contribution in [0.5, 0.6) is 5.75 Å². The van der Waals surface area contributed by atoms with Gasteiger partial charge in [0.2, 0.25) is 0 Å². The lowest BCUT2D eigenvalue weighted by atomic mass is 9.92. The highest BCUT2D eigenvalue weighted by atomic mass is 16.5. The maximum Gasteiger partial charge on any atom is 0.271 e. The van der Waals surface area contributed by atoms with E-state index >= 15 is 0 Å². The molecule has 3 aromatic carbocycles. The number of hydrogen-bond acceptors (Lipinski definition) is 5. The third kappa shape index (κ3) is 4.92. The third-order valence-corrected chi connectivity index (χ3v) is 7.81. The Hall–Kier alpha value is -5.22. The molecule has 0 spiro atoms. The number of carbonyl (C=O) groups excluding carboxylic acids is 2. The molecule has 2 aliphatic rings. The van der Waals surface area contributed by atoms with Gasteiger partial charge in [-0.25, -0.2) is 4.68 Å². The van der Waals surface area contributed by atoms with Crippen molar-refractivity contribution in [1.82, 2.24) is 14.7 Å². The Labute approximate surface area is 245 Å². The van der Waals surface area contributed by atoms with Gasteiger partial charge in [0, 0.05) is 35.9 Å². The van der Waals surface area contributed by atoms with Crippen LogP contribution in [0.2, 0.25) is 0 Å². The molecule has 4 aromatic rings. The highest BCUT2D eigenvalue weighted by Crippen LogP contribution is 2.38. The smallest absolute Gasteiger partial charge is 0.271 e. The van der Waals surface area contributed by atoms with E-state index in [9.17, 15) is 14.9 Å². The normalized spacial score (nSPS) is 17.4. The first-order chi connectivity index (χ1) is 20.3. The summed E-state index contributed by atoms with van der Waals surface area (Å²) in [5, 5.41) is 14.9. The summed E-state index contributed by atoms with van der Waals surface area (Å²) in [6.45, 7) is 5.92. The van der Waals surface area contributed by atoms with E-state index in [-0.39, 0.29) is 18.2 Å². The van der Waals surface area contributed by atoms with Crippen molar-refractivity contribution in [3.8, 4) is 28.8 Å². The standard InChI is InChI=1S/C35H30N4O3/c1-22-16-26(18-27-17-23(2)42-33(22)27)32-28(21-39(37-32)29-12-8-5-9-13-29)19-30-24(3)31(20-36)35(41)38(34(30)40)15-14-25-10-6-4-7-11-25/h4-13,16,18-19,21,23H,14-15,17H2,1-3H3/b30-19+. The highest BCUT2D eigenvalue weighted by molar-refractivity contribution is 6.19. The monoisotopic (exact) mass is 554 g/mol. The highest BCUT2D eigenvalue weighted by Gasteiger charge is 2.35. The van der Waals surface area contributed by atoms with E-state index < -0.39 is 11.8 Å². The summed E-state index contributed by atoms with van der Waals surface area (Å²) in [5.74, 6) is -0.0593. The number of para-hydroxylation sites is 1. The van der Waals surface area contributed by atoms with Crippen LogP contribution in [0.15, 0.2) is 95.7 Å². The van der Waals surface area contributed by atoms with E-state index in [0.29, 0.717) is 28.8 Å². The number of aryl methyl sites for hydroxylation is 1. The number of nitrogens with zero attached hydrogens (tertiary/aromatic N) is 4. The second kappa shape index (κ2) is 11.0. The Kier molecular flexibility index (Phi) is 7.05. The third-order valence-electron chi connectivity index (χ3n) is 7.81. The van der Waals surface area contributed by atoms with Gasteiger partial charge in [0.05, 0.1) is 11.4 Å². The zero-order valence-electron chi connectivity index (χ0n) is 23.8. The maximum absolute atomic E-state index is 13.9. The summed E-state index contributed by atoms with van der Waals surface area (Å²) in [5.41, 5.74) is 7.00. The minimum atomic E-state index is -0.559. The molecule has 0 bridgehead atoms. The molecule has 0 N–H and O–H groups in total. The van der Waals surface area contributed by atoms with Crippen molar-refractivity contribution in [2.75, 3.05) is 6.54 Å². The molecule has 7 heteroatoms. The molecular formula is C35H30N4O3. The van der Waals surface area contributed by atoms with Gasteiger partial charge in [0.1, 0.15) is 23.5 Å². The van der Waals surface area contributed by atoms with E-state index in [2.05, 4.69) is 19.1 Å². The molecule has 2 amide bonds. The topological polar surface area (TPSA) is 88.2 Å². The average molecular weight is 555 g/mol. The number of carbonyl (C=O) groups is 2. The molecule has 6 rings (SSSR count). The van der Waals surface area contributed by atoms with Gasteiger partial charge in [-0.1, -0.05) is 48.5 Å². The SMILES string of the molecule is CC1=C(C#N)C(=O)N(CCc2ccccc2)C(=O)/C1=C/c1cn(-c2ccccc2)nc1-c1cc(C)c2c(c1)CC(C)O2. The number of amides is 2. The number of rotatable bonds is 6. The number of fused-ring (bicyclic) bond motifs is 1. The van der Waals surface area contributed by atoms with Gasteiger partial charge in [-0.05, 0) is 79.8 Å². The van der Waals surface area contributed by atoms with Crippen molar-refractivity contribution in [2.24, 2.45) is 0 Å². The van der Waals surface area contributed by atoms with Crippen LogP contribution >= 0.6 is 0 Å². The molecule has 2 aliphatic heterocycles. The molecular weight excluding hydrogens is 524 g/mol. The largest absolute Gasteiger partial charge is 0.490 e. The molecule has 42 heavy (non-hydrogen) atoms. The van der Waals surface area contributed by atoms with Crippen LogP contribution in [0.25, 0.3) is 23.0 Å². The van der Waals surface area contributed by atoms with Crippen LogP contribution in [-0.2, 0) is 22.4 Å². The van der Waals surface area contributed by atoms with Crippen LogP contribution in [0, 0.1) is 18.3 Å². The van der Waals surface area contributed by atoms with Crippen LogP contribution in [0.3, 0.4) is 0 Å². The molecule has 1 aromatic heterocycles. The lowest BCUT2D eigenvalue weighted by molar-refractivity contribution is -0.140. The molecule has 7 nitrogen and oxygen atoms in total. The van der Waals surface area contributed by atoms with Crippen LogP contribution in [-0.4, -0.2) is 39.1 Å². The Morgan fingerprint density at radius 1 is 1.02 bits per heavy atom. The maximum atomic E-state index is 13.9. The zero-order chi connectivity index (χ0) is 29.4. The first kappa shape index (κ1) is 27.0. The number of hydrogen-bond donors (Lipinski definition) is 0. The minimum absolute atomic E-state index is 0.0228. The Bertz CT molecular complexity index is 1810. The van der Waals surface area contributed by atoms with Crippen LogP contribution in [0.1, 0.15) is 36.1 Å². The first-order valence-electron chi connectivity index (χ1n) is 14.0. The number of benzene rings is 3. The van der Waals surface area contributed by atoms with Crippen molar-refractivity contribution >= 4 is 17.9 Å². The van der Waals surface area contributed by atoms with Gasteiger partial charge >= 0.3 is 0 Å². The second-order valence-corrected chi connectivity index (χ2v) is 10.8. The van der Waals surface area contributed by atoms with E-state index in [1.807, 2.05) is 79.9 Å². The van der Waals surface area contributed by atoms with E-state index in [1.54, 1.807) is 17.7 Å². The van der Waals surface area contributed by atoms with Crippen molar-refractivity contribution in [3.05, 3.63) is 118 Å². The summed E-state index contributed by atoms with van der Waals surface area (Å²) >= 11 is 0. The number of imide groups is 1. The summed E-state index contributed by atoms with van der Waals surface area (Å²) in [7, 11) is 0. The molecule has 208 valence electrons. The fourth-order valence-electron chi connectivity index (χ4n) is 5.66. The fraction of sp³-hybridized carbons (Fsp3) is 0.200. The quantitative estimate of drug-likeness (QED) is 0.215. The number of aromatic nitrogens is 2. The second-order valence-electron chi connectivity index (χ2n) is 10.8. The predicted octanol–water partition coefficient (Wildman–Crippen LogP) is 6.01. The van der Waals surface area contributed by atoms with Gasteiger partial charge < -0.3 is 4.74 Å². The van der Waals surface area contributed by atoms with Crippen molar-refractivity contribution < 1.29 is 14.3 Å². The van der Waals surface area contributed by atoms with Gasteiger partial charge in [-0.3, -0.25) is 14.5 Å². The molecule has 0 saturated carbocycles. The summed E-state index contributed by atoms with van der Waals surface area (Å²) < 4.78 is 7.82. The van der Waals surface area contributed by atoms with E-state index in [4.69, 9.17) is 9.84 Å². The van der Waals surface area contributed by atoms with Gasteiger partial charge in [-0.15, -0.1) is 0 Å². The van der Waals surface area contributed by atoms with Crippen LogP contribution in [0.4, 0.5) is 0 Å². The molecule has 1 atom stereocenters. The Morgan fingerprint density at radius 2 is 1.74 bits per heavy atom.